The molecular formula is C14H16N6S. The molecule has 0 spiro atoms. The lowest BCUT2D eigenvalue weighted by atomic mass is 10.1. The lowest BCUT2D eigenvalue weighted by molar-refractivity contribution is 0.423. The van der Waals surface area contributed by atoms with Crippen LogP contribution in [0.5, 0.6) is 0 Å². The van der Waals surface area contributed by atoms with Crippen molar-refractivity contribution < 1.29 is 0 Å². The molecule has 0 radical (unpaired) electrons. The minimum Gasteiger partial charge on any atom is -0.326 e. The molecular weight excluding hydrogens is 284 g/mol. The molecule has 6 nitrogen and oxygen atoms in total. The van der Waals surface area contributed by atoms with E-state index in [0.29, 0.717) is 18.2 Å². The third-order valence-electron chi connectivity index (χ3n) is 3.73. The minimum absolute atomic E-state index is 0.386. The fourth-order valence-corrected chi connectivity index (χ4v) is 3.51. The molecule has 21 heavy (non-hydrogen) atoms. The molecule has 0 bridgehead atoms. The standard InChI is InChI=1S/C14H16N6S/c15-8-10-5-6-13(11(7-10)9-16)21-14-17-18-19-20(14)12-3-1-2-4-12/h5-7,12H,1-4,8,15H2. The number of aromatic nitrogens is 4. The van der Waals surface area contributed by atoms with Gasteiger partial charge < -0.3 is 5.73 Å². The Bertz CT molecular complexity index is 668. The van der Waals surface area contributed by atoms with E-state index in [4.69, 9.17) is 5.73 Å². The van der Waals surface area contributed by atoms with Gasteiger partial charge in [-0.15, -0.1) is 5.10 Å². The molecule has 1 aromatic carbocycles. The molecule has 1 aliphatic carbocycles. The monoisotopic (exact) mass is 300 g/mol. The molecule has 1 fully saturated rings. The summed E-state index contributed by atoms with van der Waals surface area (Å²) in [5.41, 5.74) is 7.18. The summed E-state index contributed by atoms with van der Waals surface area (Å²) >= 11 is 1.44. The van der Waals surface area contributed by atoms with E-state index in [9.17, 15) is 5.26 Å². The van der Waals surface area contributed by atoms with Crippen LogP contribution in [0.1, 0.15) is 42.9 Å². The average molecular weight is 300 g/mol. The fraction of sp³-hybridized carbons (Fsp3) is 0.429. The van der Waals surface area contributed by atoms with Crippen LogP contribution in [0.4, 0.5) is 0 Å². The van der Waals surface area contributed by atoms with Gasteiger partial charge in [0.2, 0.25) is 5.16 Å². The SMILES string of the molecule is N#Cc1cc(CN)ccc1Sc1nnnn1C1CCCC1. The smallest absolute Gasteiger partial charge is 0.214 e. The number of rotatable bonds is 4. The Balaban J connectivity index is 1.87. The fourth-order valence-electron chi connectivity index (χ4n) is 2.61. The second-order valence-electron chi connectivity index (χ2n) is 5.09. The zero-order valence-electron chi connectivity index (χ0n) is 11.6. The Hall–Kier alpha value is -1.91. The van der Waals surface area contributed by atoms with Gasteiger partial charge in [0.25, 0.3) is 0 Å². The quantitative estimate of drug-likeness (QED) is 0.931. The summed E-state index contributed by atoms with van der Waals surface area (Å²) in [7, 11) is 0. The van der Waals surface area contributed by atoms with Gasteiger partial charge >= 0.3 is 0 Å². The maximum atomic E-state index is 9.29. The summed E-state index contributed by atoms with van der Waals surface area (Å²) in [4.78, 5) is 0.865. The van der Waals surface area contributed by atoms with Crippen molar-refractivity contribution in [3.8, 4) is 6.07 Å². The van der Waals surface area contributed by atoms with Crippen LogP contribution >= 0.6 is 11.8 Å². The van der Waals surface area contributed by atoms with Gasteiger partial charge in [-0.1, -0.05) is 18.9 Å². The van der Waals surface area contributed by atoms with Crippen molar-refractivity contribution in [2.24, 2.45) is 5.73 Å². The molecule has 2 N–H and O–H groups in total. The molecule has 0 aliphatic heterocycles. The first-order chi connectivity index (χ1) is 10.3. The van der Waals surface area contributed by atoms with E-state index in [2.05, 4.69) is 21.6 Å². The van der Waals surface area contributed by atoms with Crippen LogP contribution in [0.2, 0.25) is 0 Å². The molecule has 1 saturated carbocycles. The first kappa shape index (κ1) is 14.0. The van der Waals surface area contributed by atoms with Crippen molar-refractivity contribution in [3.05, 3.63) is 29.3 Å². The summed E-state index contributed by atoms with van der Waals surface area (Å²) in [6.45, 7) is 0.430. The van der Waals surface area contributed by atoms with Crippen molar-refractivity contribution in [1.82, 2.24) is 20.2 Å². The molecule has 1 heterocycles. The van der Waals surface area contributed by atoms with E-state index in [0.717, 1.165) is 28.5 Å². The second kappa shape index (κ2) is 6.24. The molecule has 0 amide bonds. The summed E-state index contributed by atoms with van der Waals surface area (Å²) < 4.78 is 1.90. The number of nitrogens with zero attached hydrogens (tertiary/aromatic N) is 5. The lowest BCUT2D eigenvalue weighted by Crippen LogP contribution is -2.08. The van der Waals surface area contributed by atoms with E-state index in [1.165, 1.54) is 24.6 Å². The third-order valence-corrected chi connectivity index (χ3v) is 4.76. The number of hydrogen-bond acceptors (Lipinski definition) is 6. The van der Waals surface area contributed by atoms with Gasteiger partial charge in [-0.25, -0.2) is 4.68 Å². The Kier molecular flexibility index (Phi) is 4.18. The Morgan fingerprint density at radius 3 is 2.90 bits per heavy atom. The predicted molar refractivity (Wildman–Crippen MR) is 78.5 cm³/mol. The maximum Gasteiger partial charge on any atom is 0.214 e. The van der Waals surface area contributed by atoms with Crippen molar-refractivity contribution in [1.29, 1.82) is 5.26 Å². The molecule has 0 unspecified atom stereocenters. The molecule has 1 aromatic heterocycles. The number of nitrogens with two attached hydrogens (primary N) is 1. The Labute approximate surface area is 127 Å². The number of benzene rings is 1. The van der Waals surface area contributed by atoms with Gasteiger partial charge in [-0.05, 0) is 52.7 Å². The highest BCUT2D eigenvalue weighted by Gasteiger charge is 2.22. The summed E-state index contributed by atoms with van der Waals surface area (Å²) in [5, 5.41) is 22.0. The second-order valence-corrected chi connectivity index (χ2v) is 6.10. The molecule has 0 saturated heterocycles. The number of hydrogen-bond donors (Lipinski definition) is 1. The molecule has 108 valence electrons. The number of tetrazole rings is 1. The summed E-state index contributed by atoms with van der Waals surface area (Å²) in [5.74, 6) is 0. The van der Waals surface area contributed by atoms with Crippen LogP contribution in [0, 0.1) is 11.3 Å². The van der Waals surface area contributed by atoms with E-state index >= 15 is 0 Å². The van der Waals surface area contributed by atoms with E-state index in [-0.39, 0.29) is 0 Å². The summed E-state index contributed by atoms with van der Waals surface area (Å²) in [6.07, 6.45) is 4.69. The summed E-state index contributed by atoms with van der Waals surface area (Å²) in [6, 6.07) is 8.28. The average Bonchev–Trinajstić information content (AvgIpc) is 3.18. The normalized spacial score (nSPS) is 15.2. The Morgan fingerprint density at radius 2 is 2.19 bits per heavy atom. The first-order valence-electron chi connectivity index (χ1n) is 7.00. The van der Waals surface area contributed by atoms with Gasteiger partial charge in [0.05, 0.1) is 11.6 Å². The van der Waals surface area contributed by atoms with Gasteiger partial charge in [-0.3, -0.25) is 0 Å². The molecule has 0 atom stereocenters. The van der Waals surface area contributed by atoms with Crippen LogP contribution in [-0.2, 0) is 6.54 Å². The largest absolute Gasteiger partial charge is 0.326 e. The van der Waals surface area contributed by atoms with E-state index in [1.807, 2.05) is 22.9 Å². The maximum absolute atomic E-state index is 9.29. The zero-order chi connectivity index (χ0) is 14.7. The van der Waals surface area contributed by atoms with Crippen LogP contribution < -0.4 is 5.73 Å². The van der Waals surface area contributed by atoms with Crippen LogP contribution in [0.3, 0.4) is 0 Å². The van der Waals surface area contributed by atoms with Crippen molar-refractivity contribution >= 4 is 11.8 Å². The molecule has 1 aliphatic rings. The van der Waals surface area contributed by atoms with Gasteiger partial charge in [0.15, 0.2) is 0 Å². The highest BCUT2D eigenvalue weighted by Crippen LogP contribution is 2.34. The van der Waals surface area contributed by atoms with Crippen molar-refractivity contribution in [3.63, 3.8) is 0 Å². The third kappa shape index (κ3) is 2.91. The molecule has 3 rings (SSSR count). The topological polar surface area (TPSA) is 93.4 Å². The van der Waals surface area contributed by atoms with Crippen LogP contribution in [-0.4, -0.2) is 20.2 Å². The Morgan fingerprint density at radius 1 is 1.38 bits per heavy atom. The minimum atomic E-state index is 0.386. The van der Waals surface area contributed by atoms with Crippen molar-refractivity contribution in [2.45, 2.75) is 48.3 Å². The predicted octanol–water partition coefficient (Wildman–Crippen LogP) is 2.27. The molecule has 7 heteroatoms. The molecule has 2 aromatic rings. The zero-order valence-corrected chi connectivity index (χ0v) is 12.4. The highest BCUT2D eigenvalue weighted by molar-refractivity contribution is 7.99. The highest BCUT2D eigenvalue weighted by atomic mass is 32.2. The lowest BCUT2D eigenvalue weighted by Gasteiger charge is -2.11. The van der Waals surface area contributed by atoms with Crippen LogP contribution in [0.15, 0.2) is 28.3 Å². The number of nitriles is 1. The van der Waals surface area contributed by atoms with Gasteiger partial charge in [0, 0.05) is 11.4 Å². The van der Waals surface area contributed by atoms with Crippen LogP contribution in [0.25, 0.3) is 0 Å². The van der Waals surface area contributed by atoms with Gasteiger partial charge in [0.1, 0.15) is 6.07 Å². The first-order valence-corrected chi connectivity index (χ1v) is 7.82. The van der Waals surface area contributed by atoms with E-state index < -0.39 is 0 Å². The van der Waals surface area contributed by atoms with Gasteiger partial charge in [-0.2, -0.15) is 5.26 Å². The van der Waals surface area contributed by atoms with Crippen molar-refractivity contribution in [2.75, 3.05) is 0 Å². The van der Waals surface area contributed by atoms with E-state index in [1.54, 1.807) is 0 Å².